The molecule has 0 aromatic rings. The van der Waals surface area contributed by atoms with Crippen LogP contribution in [0.4, 0.5) is 0 Å². The van der Waals surface area contributed by atoms with Crippen LogP contribution in [0, 0.1) is 0 Å². The Hall–Kier alpha value is -0.160. The molecule has 0 aromatic heterocycles. The zero-order valence-electron chi connectivity index (χ0n) is 4.79. The Kier molecular flexibility index (Phi) is 6.70. The summed E-state index contributed by atoms with van der Waals surface area (Å²) in [5.41, 5.74) is 0. The summed E-state index contributed by atoms with van der Waals surface area (Å²) in [6, 6.07) is 0. The summed E-state index contributed by atoms with van der Waals surface area (Å²) >= 11 is 0. The molecule has 4 heteroatoms. The molecule has 1 N–H and O–H groups in total. The van der Waals surface area contributed by atoms with E-state index in [1.165, 1.54) is 7.11 Å². The van der Waals surface area contributed by atoms with Crippen LogP contribution < -0.4 is 0 Å². The molecule has 0 rings (SSSR count). The summed E-state index contributed by atoms with van der Waals surface area (Å²) in [5, 5.41) is 8.02. The van der Waals surface area contributed by atoms with E-state index in [1.54, 1.807) is 0 Å². The Morgan fingerprint density at radius 2 is 2.00 bits per heavy atom. The maximum Gasteiger partial charge on any atom is 0.152 e. The molecule has 0 aliphatic carbocycles. The monoisotopic (exact) mass is 122 g/mol. The molecule has 50 valence electrons. The fraction of sp³-hybridized carbons (Fsp3) is 1.00. The molecular weight excluding hydrogens is 112 g/mol. The number of aliphatic hydroxyl groups excluding tert-OH is 1. The fourth-order valence-corrected chi connectivity index (χ4v) is 0.214. The fourth-order valence-electron chi connectivity index (χ4n) is 0.214. The topological polar surface area (TPSA) is 47.9 Å². The third-order valence-electron chi connectivity index (χ3n) is 0.459. The molecule has 0 bridgehead atoms. The van der Waals surface area contributed by atoms with Gasteiger partial charge >= 0.3 is 0 Å². The van der Waals surface area contributed by atoms with Gasteiger partial charge in [-0.2, -0.15) is 0 Å². The summed E-state index contributed by atoms with van der Waals surface area (Å²) in [7, 11) is 1.51. The molecule has 0 heterocycles. The van der Waals surface area contributed by atoms with E-state index in [2.05, 4.69) is 14.2 Å². The van der Waals surface area contributed by atoms with E-state index in [1.807, 2.05) is 0 Å². The van der Waals surface area contributed by atoms with Crippen molar-refractivity contribution in [1.82, 2.24) is 0 Å². The van der Waals surface area contributed by atoms with Gasteiger partial charge in [-0.05, 0) is 0 Å². The lowest BCUT2D eigenvalue weighted by Gasteiger charge is -1.99. The molecule has 0 saturated carbocycles. The minimum Gasteiger partial charge on any atom is -0.371 e. The lowest BCUT2D eigenvalue weighted by molar-refractivity contribution is -0.150. The molecule has 0 atom stereocenters. The zero-order valence-corrected chi connectivity index (χ0v) is 4.79. The van der Waals surface area contributed by atoms with Crippen LogP contribution in [-0.4, -0.2) is 32.6 Å². The minimum atomic E-state index is -0.316. The molecule has 0 unspecified atom stereocenters. The molecular formula is C4H10O4. The van der Waals surface area contributed by atoms with Crippen molar-refractivity contribution < 1.29 is 19.3 Å². The Bertz CT molecular complexity index is 33.0. The minimum absolute atomic E-state index is 0.0737. The first-order valence-electron chi connectivity index (χ1n) is 2.17. The second-order valence-electron chi connectivity index (χ2n) is 1.06. The van der Waals surface area contributed by atoms with E-state index >= 15 is 0 Å². The molecule has 0 spiro atoms. The summed E-state index contributed by atoms with van der Waals surface area (Å²) in [5.74, 6) is 0. The average Bonchev–Trinajstić information content (AvgIpc) is 1.81. The van der Waals surface area contributed by atoms with Crippen LogP contribution >= 0.6 is 0 Å². The van der Waals surface area contributed by atoms with Gasteiger partial charge in [-0.3, -0.25) is 0 Å². The van der Waals surface area contributed by atoms with Crippen molar-refractivity contribution in [3.05, 3.63) is 0 Å². The van der Waals surface area contributed by atoms with Crippen molar-refractivity contribution in [1.29, 1.82) is 0 Å². The third kappa shape index (κ3) is 5.84. The van der Waals surface area contributed by atoms with Gasteiger partial charge in [-0.1, -0.05) is 0 Å². The van der Waals surface area contributed by atoms with E-state index in [-0.39, 0.29) is 20.4 Å². The SMILES string of the molecule is COCOCOCO. The Balaban J connectivity index is 2.53. The van der Waals surface area contributed by atoms with Gasteiger partial charge in [0.2, 0.25) is 0 Å². The maximum absolute atomic E-state index is 8.02. The van der Waals surface area contributed by atoms with Crippen molar-refractivity contribution in [3.8, 4) is 0 Å². The van der Waals surface area contributed by atoms with Crippen LogP contribution in [0.25, 0.3) is 0 Å². The van der Waals surface area contributed by atoms with E-state index < -0.39 is 0 Å². The second kappa shape index (κ2) is 6.84. The van der Waals surface area contributed by atoms with E-state index in [0.717, 1.165) is 0 Å². The van der Waals surface area contributed by atoms with Gasteiger partial charge in [-0.25, -0.2) is 0 Å². The number of aliphatic hydroxyl groups is 1. The quantitative estimate of drug-likeness (QED) is 0.395. The lowest BCUT2D eigenvalue weighted by Crippen LogP contribution is -2.02. The predicted molar refractivity (Wildman–Crippen MR) is 26.0 cm³/mol. The summed E-state index contributed by atoms with van der Waals surface area (Å²) < 4.78 is 13.5. The van der Waals surface area contributed by atoms with Gasteiger partial charge < -0.3 is 19.3 Å². The molecule has 4 nitrogen and oxygen atoms in total. The van der Waals surface area contributed by atoms with Crippen LogP contribution in [0.1, 0.15) is 0 Å². The molecule has 0 aliphatic rings. The first-order chi connectivity index (χ1) is 3.91. The van der Waals surface area contributed by atoms with Crippen LogP contribution in [0.3, 0.4) is 0 Å². The highest BCUT2D eigenvalue weighted by atomic mass is 16.7. The van der Waals surface area contributed by atoms with Crippen LogP contribution in [0.5, 0.6) is 0 Å². The Morgan fingerprint density at radius 1 is 1.25 bits per heavy atom. The van der Waals surface area contributed by atoms with Gasteiger partial charge in [0.1, 0.15) is 13.6 Å². The normalized spacial score (nSPS) is 9.75. The molecule has 0 amide bonds. The maximum atomic E-state index is 8.02. The highest BCUT2D eigenvalue weighted by molar-refractivity contribution is 3.98. The van der Waals surface area contributed by atoms with E-state index in [0.29, 0.717) is 0 Å². The third-order valence-corrected chi connectivity index (χ3v) is 0.459. The summed E-state index contributed by atoms with van der Waals surface area (Å²) in [6.07, 6.45) is 0. The smallest absolute Gasteiger partial charge is 0.152 e. The van der Waals surface area contributed by atoms with Crippen molar-refractivity contribution in [2.45, 2.75) is 0 Å². The molecule has 0 fully saturated rings. The first kappa shape index (κ1) is 7.84. The van der Waals surface area contributed by atoms with Crippen molar-refractivity contribution in [3.63, 3.8) is 0 Å². The zero-order chi connectivity index (χ0) is 6.24. The Morgan fingerprint density at radius 3 is 2.50 bits per heavy atom. The van der Waals surface area contributed by atoms with Gasteiger partial charge in [0.25, 0.3) is 0 Å². The summed E-state index contributed by atoms with van der Waals surface area (Å²) in [4.78, 5) is 0. The van der Waals surface area contributed by atoms with Crippen LogP contribution in [0.15, 0.2) is 0 Å². The number of methoxy groups -OCH3 is 1. The molecule has 0 radical (unpaired) electrons. The highest BCUT2D eigenvalue weighted by Gasteiger charge is 1.80. The standard InChI is InChI=1S/C4H10O4/c1-6-3-8-4-7-2-5/h5H,2-4H2,1H3. The lowest BCUT2D eigenvalue weighted by atomic mass is 11.3. The molecule has 8 heavy (non-hydrogen) atoms. The second-order valence-corrected chi connectivity index (χ2v) is 1.06. The average molecular weight is 122 g/mol. The van der Waals surface area contributed by atoms with E-state index in [4.69, 9.17) is 5.11 Å². The van der Waals surface area contributed by atoms with Crippen LogP contribution in [0.2, 0.25) is 0 Å². The number of hydrogen-bond donors (Lipinski definition) is 1. The largest absolute Gasteiger partial charge is 0.371 e. The number of hydrogen-bond acceptors (Lipinski definition) is 4. The molecule has 0 aromatic carbocycles. The highest BCUT2D eigenvalue weighted by Crippen LogP contribution is 1.74. The van der Waals surface area contributed by atoms with Crippen molar-refractivity contribution in [2.75, 3.05) is 27.5 Å². The van der Waals surface area contributed by atoms with Gasteiger partial charge in [0, 0.05) is 7.11 Å². The number of rotatable bonds is 5. The number of ether oxygens (including phenoxy) is 3. The van der Waals surface area contributed by atoms with Crippen molar-refractivity contribution >= 4 is 0 Å². The predicted octanol–water partition coefficient (Wildman–Crippen LogP) is -0.469. The first-order valence-corrected chi connectivity index (χ1v) is 2.17. The van der Waals surface area contributed by atoms with Gasteiger partial charge in [0.05, 0.1) is 0 Å². The van der Waals surface area contributed by atoms with Gasteiger partial charge in [0.15, 0.2) is 6.79 Å². The summed E-state index contributed by atoms with van der Waals surface area (Å²) in [6.45, 7) is -0.0476. The van der Waals surface area contributed by atoms with Crippen molar-refractivity contribution in [2.24, 2.45) is 0 Å². The van der Waals surface area contributed by atoms with E-state index in [9.17, 15) is 0 Å². The Labute approximate surface area is 48.0 Å². The molecule has 0 saturated heterocycles. The molecule has 0 aliphatic heterocycles. The van der Waals surface area contributed by atoms with Gasteiger partial charge in [-0.15, -0.1) is 0 Å². The van der Waals surface area contributed by atoms with Crippen LogP contribution in [-0.2, 0) is 14.2 Å².